The fourth-order valence-corrected chi connectivity index (χ4v) is 3.55. The number of benzene rings is 3. The summed E-state index contributed by atoms with van der Waals surface area (Å²) >= 11 is 0. The van der Waals surface area contributed by atoms with E-state index in [2.05, 4.69) is 15.6 Å². The number of para-hydroxylation sites is 1. The van der Waals surface area contributed by atoms with E-state index >= 15 is 0 Å². The number of hydrogen-bond donors (Lipinski definition) is 2. The van der Waals surface area contributed by atoms with Gasteiger partial charge in [0.1, 0.15) is 5.82 Å². The van der Waals surface area contributed by atoms with Gasteiger partial charge in [-0.25, -0.2) is 4.98 Å². The van der Waals surface area contributed by atoms with Gasteiger partial charge in [0.25, 0.3) is 0 Å². The van der Waals surface area contributed by atoms with E-state index in [1.165, 1.54) is 0 Å². The molecule has 2 heterocycles. The van der Waals surface area contributed by atoms with Crippen LogP contribution in [0.25, 0.3) is 21.8 Å². The van der Waals surface area contributed by atoms with Crippen molar-refractivity contribution in [3.05, 3.63) is 79.0 Å². The molecule has 0 saturated carbocycles. The van der Waals surface area contributed by atoms with Crippen molar-refractivity contribution in [2.75, 3.05) is 24.9 Å². The maximum absolute atomic E-state index is 5.49. The molecule has 158 valence electrons. The second-order valence-corrected chi connectivity index (χ2v) is 7.15. The van der Waals surface area contributed by atoms with Crippen molar-refractivity contribution in [1.29, 1.82) is 0 Å². The third-order valence-corrected chi connectivity index (χ3v) is 5.10. The van der Waals surface area contributed by atoms with Crippen molar-refractivity contribution in [3.8, 4) is 11.5 Å². The Morgan fingerprint density at radius 1 is 0.688 bits per heavy atom. The molecule has 0 amide bonds. The summed E-state index contributed by atoms with van der Waals surface area (Å²) < 4.78 is 11.0. The Morgan fingerprint density at radius 3 is 2.31 bits per heavy atom. The smallest absolute Gasteiger partial charge is 0.229 e. The van der Waals surface area contributed by atoms with Gasteiger partial charge >= 0.3 is 0 Å². The molecule has 5 rings (SSSR count). The Morgan fingerprint density at radius 2 is 1.50 bits per heavy atom. The first-order valence-corrected chi connectivity index (χ1v) is 10.1. The summed E-state index contributed by atoms with van der Waals surface area (Å²) in [5.41, 5.74) is 3.45. The molecule has 0 unspecified atom stereocenters. The molecule has 0 fully saturated rings. The topological polar surface area (TPSA) is 81.2 Å². The van der Waals surface area contributed by atoms with E-state index in [1.54, 1.807) is 20.4 Å². The quantitative estimate of drug-likeness (QED) is 0.363. The highest BCUT2D eigenvalue weighted by Crippen LogP contribution is 2.36. The number of nitrogens with zero attached hydrogens (tertiary/aromatic N) is 3. The summed E-state index contributed by atoms with van der Waals surface area (Å²) in [7, 11) is 3.22. The molecular weight excluding hydrogens is 402 g/mol. The molecule has 32 heavy (non-hydrogen) atoms. The van der Waals surface area contributed by atoms with Crippen molar-refractivity contribution in [2.24, 2.45) is 0 Å². The van der Waals surface area contributed by atoms with Gasteiger partial charge in [0.05, 0.1) is 25.3 Å². The monoisotopic (exact) mass is 423 g/mol. The van der Waals surface area contributed by atoms with Crippen LogP contribution in [0.1, 0.15) is 0 Å². The molecule has 0 spiro atoms. The van der Waals surface area contributed by atoms with Crippen LogP contribution in [0.5, 0.6) is 11.5 Å². The summed E-state index contributed by atoms with van der Waals surface area (Å²) in [6.45, 7) is 0. The molecule has 0 aliphatic carbocycles. The molecule has 0 aliphatic rings. The van der Waals surface area contributed by atoms with Gasteiger partial charge in [0.2, 0.25) is 5.95 Å². The number of anilines is 4. The lowest BCUT2D eigenvalue weighted by atomic mass is 10.2. The van der Waals surface area contributed by atoms with E-state index < -0.39 is 0 Å². The molecule has 0 radical (unpaired) electrons. The van der Waals surface area contributed by atoms with Crippen LogP contribution in [0, 0.1) is 0 Å². The molecule has 2 N–H and O–H groups in total. The van der Waals surface area contributed by atoms with Gasteiger partial charge < -0.3 is 20.1 Å². The van der Waals surface area contributed by atoms with Gasteiger partial charge in [-0.3, -0.25) is 4.98 Å². The Kier molecular flexibility index (Phi) is 5.13. The Hall–Kier alpha value is -4.39. The minimum absolute atomic E-state index is 0.464. The van der Waals surface area contributed by atoms with Crippen molar-refractivity contribution >= 4 is 44.9 Å². The first-order valence-electron chi connectivity index (χ1n) is 10.1. The van der Waals surface area contributed by atoms with Crippen LogP contribution in [0.4, 0.5) is 23.1 Å². The van der Waals surface area contributed by atoms with E-state index in [-0.39, 0.29) is 0 Å². The van der Waals surface area contributed by atoms with Gasteiger partial charge in [-0.15, -0.1) is 0 Å². The van der Waals surface area contributed by atoms with Crippen LogP contribution in [-0.4, -0.2) is 29.2 Å². The zero-order valence-corrected chi connectivity index (χ0v) is 17.7. The molecule has 7 nitrogen and oxygen atoms in total. The van der Waals surface area contributed by atoms with Crippen LogP contribution in [0.15, 0.2) is 79.0 Å². The summed E-state index contributed by atoms with van der Waals surface area (Å²) in [6.07, 6.45) is 1.78. The molecule has 0 aliphatic heterocycles. The normalized spacial score (nSPS) is 10.8. The number of rotatable bonds is 6. The lowest BCUT2D eigenvalue weighted by molar-refractivity contribution is 0.356. The molecule has 0 saturated heterocycles. The van der Waals surface area contributed by atoms with Crippen LogP contribution in [-0.2, 0) is 0 Å². The average Bonchev–Trinajstić information content (AvgIpc) is 2.84. The SMILES string of the molecule is COc1cc2nc(Nc3ccc4ncccc4c3)nc(Nc3ccccc3)c2cc1OC. The van der Waals surface area contributed by atoms with Crippen molar-refractivity contribution in [1.82, 2.24) is 15.0 Å². The van der Waals surface area contributed by atoms with Gasteiger partial charge in [0.15, 0.2) is 11.5 Å². The van der Waals surface area contributed by atoms with Crippen molar-refractivity contribution < 1.29 is 9.47 Å². The lowest BCUT2D eigenvalue weighted by Gasteiger charge is -2.14. The zero-order chi connectivity index (χ0) is 21.9. The van der Waals surface area contributed by atoms with E-state index in [0.29, 0.717) is 23.3 Å². The maximum atomic E-state index is 5.49. The number of ether oxygens (including phenoxy) is 2. The molecule has 0 bridgehead atoms. The minimum Gasteiger partial charge on any atom is -0.493 e. The standard InChI is InChI=1S/C25H21N5O2/c1-31-22-14-19-21(15-23(22)32-2)29-25(30-24(19)27-17-8-4-3-5-9-17)28-18-10-11-20-16(13-18)7-6-12-26-20/h3-15H,1-2H3,(H2,27,28,29,30). The molecule has 0 atom stereocenters. The molecular formula is C25H21N5O2. The third-order valence-electron chi connectivity index (χ3n) is 5.10. The zero-order valence-electron chi connectivity index (χ0n) is 17.7. The minimum atomic E-state index is 0.464. The Bertz CT molecular complexity index is 1410. The fourth-order valence-electron chi connectivity index (χ4n) is 3.55. The summed E-state index contributed by atoms with van der Waals surface area (Å²) in [4.78, 5) is 13.9. The van der Waals surface area contributed by atoms with E-state index in [4.69, 9.17) is 19.4 Å². The average molecular weight is 423 g/mol. The molecule has 7 heteroatoms. The predicted molar refractivity (Wildman–Crippen MR) is 127 cm³/mol. The Labute approximate surface area is 185 Å². The molecule has 5 aromatic rings. The number of pyridine rings is 1. The van der Waals surface area contributed by atoms with E-state index in [0.717, 1.165) is 33.2 Å². The number of aromatic nitrogens is 3. The second kappa shape index (κ2) is 8.39. The maximum Gasteiger partial charge on any atom is 0.229 e. The second-order valence-electron chi connectivity index (χ2n) is 7.15. The number of nitrogens with one attached hydrogen (secondary N) is 2. The number of fused-ring (bicyclic) bond motifs is 2. The van der Waals surface area contributed by atoms with Crippen LogP contribution in [0.3, 0.4) is 0 Å². The van der Waals surface area contributed by atoms with Gasteiger partial charge in [-0.1, -0.05) is 24.3 Å². The summed E-state index contributed by atoms with van der Waals surface area (Å²) in [6, 6.07) is 23.5. The third kappa shape index (κ3) is 3.83. The summed E-state index contributed by atoms with van der Waals surface area (Å²) in [5, 5.41) is 8.57. The number of hydrogen-bond acceptors (Lipinski definition) is 7. The van der Waals surface area contributed by atoms with Crippen LogP contribution >= 0.6 is 0 Å². The predicted octanol–water partition coefficient (Wildman–Crippen LogP) is 5.68. The fraction of sp³-hybridized carbons (Fsp3) is 0.0800. The van der Waals surface area contributed by atoms with Crippen molar-refractivity contribution in [2.45, 2.75) is 0 Å². The highest BCUT2D eigenvalue weighted by molar-refractivity contribution is 5.94. The summed E-state index contributed by atoms with van der Waals surface area (Å²) in [5.74, 6) is 2.34. The highest BCUT2D eigenvalue weighted by atomic mass is 16.5. The van der Waals surface area contributed by atoms with Gasteiger partial charge in [-0.2, -0.15) is 4.98 Å². The first-order chi connectivity index (χ1) is 15.7. The van der Waals surface area contributed by atoms with Crippen LogP contribution < -0.4 is 20.1 Å². The highest BCUT2D eigenvalue weighted by Gasteiger charge is 2.14. The lowest BCUT2D eigenvalue weighted by Crippen LogP contribution is -2.03. The Balaban J connectivity index is 1.61. The van der Waals surface area contributed by atoms with E-state index in [9.17, 15) is 0 Å². The first kappa shape index (κ1) is 19.6. The van der Waals surface area contributed by atoms with E-state index in [1.807, 2.05) is 72.8 Å². The molecule has 3 aromatic carbocycles. The van der Waals surface area contributed by atoms with Crippen molar-refractivity contribution in [3.63, 3.8) is 0 Å². The van der Waals surface area contributed by atoms with Crippen LogP contribution in [0.2, 0.25) is 0 Å². The molecule has 2 aromatic heterocycles. The number of methoxy groups -OCH3 is 2. The van der Waals surface area contributed by atoms with Gasteiger partial charge in [-0.05, 0) is 42.5 Å². The van der Waals surface area contributed by atoms with Gasteiger partial charge in [0, 0.05) is 34.4 Å². The largest absolute Gasteiger partial charge is 0.493 e.